The Hall–Kier alpha value is -2.96. The van der Waals surface area contributed by atoms with Gasteiger partial charge in [-0.2, -0.15) is 4.98 Å². The minimum absolute atomic E-state index is 0.179. The van der Waals surface area contributed by atoms with Crippen LogP contribution in [0.3, 0.4) is 0 Å². The first kappa shape index (κ1) is 10.9. The molecule has 98 valence electrons. The Morgan fingerprint density at radius 2 is 2.05 bits per heavy atom. The summed E-state index contributed by atoms with van der Waals surface area (Å²) < 4.78 is 3.20. The van der Waals surface area contributed by atoms with E-state index in [1.54, 1.807) is 29.5 Å². The minimum atomic E-state index is -0.179. The van der Waals surface area contributed by atoms with Gasteiger partial charge in [-0.05, 0) is 12.1 Å². The standard InChI is InChI=1S/C13H10N6O/c1-18-7-15-10-11(18)17-13-16-9(6-19(13)12(10)20)8-2-4-14-5-3-8/h2-7H,1H3,(H,16,17). The summed E-state index contributed by atoms with van der Waals surface area (Å²) in [5, 5.41) is 0. The number of nitrogens with one attached hydrogen (secondary N) is 1. The van der Waals surface area contributed by atoms with Gasteiger partial charge in [0, 0.05) is 31.2 Å². The molecule has 0 aromatic carbocycles. The fourth-order valence-corrected chi connectivity index (χ4v) is 2.24. The van der Waals surface area contributed by atoms with Crippen molar-refractivity contribution in [2.24, 2.45) is 7.05 Å². The maximum Gasteiger partial charge on any atom is 0.287 e. The quantitative estimate of drug-likeness (QED) is 0.556. The van der Waals surface area contributed by atoms with Gasteiger partial charge in [0.25, 0.3) is 5.56 Å². The van der Waals surface area contributed by atoms with Crippen molar-refractivity contribution < 1.29 is 0 Å². The molecule has 0 saturated carbocycles. The van der Waals surface area contributed by atoms with Crippen LogP contribution in [0.1, 0.15) is 0 Å². The van der Waals surface area contributed by atoms with Gasteiger partial charge in [0.1, 0.15) is 0 Å². The molecule has 0 amide bonds. The molecule has 4 aromatic rings. The van der Waals surface area contributed by atoms with E-state index >= 15 is 0 Å². The first-order valence-electron chi connectivity index (χ1n) is 6.07. The van der Waals surface area contributed by atoms with Crippen molar-refractivity contribution in [1.82, 2.24) is 28.9 Å². The topological polar surface area (TPSA) is 80.9 Å². The number of rotatable bonds is 1. The maximum atomic E-state index is 12.4. The number of nitrogens with zero attached hydrogens (tertiary/aromatic N) is 5. The molecule has 0 aliphatic carbocycles. The Kier molecular flexibility index (Phi) is 2.06. The zero-order valence-corrected chi connectivity index (χ0v) is 10.6. The summed E-state index contributed by atoms with van der Waals surface area (Å²) in [6.07, 6.45) is 6.72. The predicted molar refractivity (Wildman–Crippen MR) is 73.3 cm³/mol. The Balaban J connectivity index is 2.07. The molecule has 0 saturated heterocycles. The largest absolute Gasteiger partial charge is 0.323 e. The average molecular weight is 266 g/mol. The summed E-state index contributed by atoms with van der Waals surface area (Å²) in [5.41, 5.74) is 2.51. The summed E-state index contributed by atoms with van der Waals surface area (Å²) in [4.78, 5) is 28.0. The van der Waals surface area contributed by atoms with Crippen molar-refractivity contribution in [3.05, 3.63) is 47.4 Å². The normalized spacial score (nSPS) is 11.4. The Morgan fingerprint density at radius 1 is 1.25 bits per heavy atom. The molecule has 1 N–H and O–H groups in total. The Labute approximate surface area is 112 Å². The Morgan fingerprint density at radius 3 is 2.85 bits per heavy atom. The third-order valence-corrected chi connectivity index (χ3v) is 3.26. The lowest BCUT2D eigenvalue weighted by atomic mass is 10.2. The summed E-state index contributed by atoms with van der Waals surface area (Å²) in [5.74, 6) is 0.498. The predicted octanol–water partition coefficient (Wildman–Crippen LogP) is 0.971. The van der Waals surface area contributed by atoms with E-state index in [0.717, 1.165) is 11.3 Å². The minimum Gasteiger partial charge on any atom is -0.323 e. The van der Waals surface area contributed by atoms with Crippen LogP contribution < -0.4 is 5.56 Å². The molecule has 0 bridgehead atoms. The molecule has 0 aliphatic heterocycles. The number of H-pyrrole nitrogens is 1. The van der Waals surface area contributed by atoms with Crippen molar-refractivity contribution in [2.45, 2.75) is 0 Å². The average Bonchev–Trinajstić information content (AvgIpc) is 3.06. The summed E-state index contributed by atoms with van der Waals surface area (Å²) in [6.45, 7) is 0. The molecule has 0 unspecified atom stereocenters. The maximum absolute atomic E-state index is 12.4. The van der Waals surface area contributed by atoms with Gasteiger partial charge in [-0.15, -0.1) is 0 Å². The van der Waals surface area contributed by atoms with E-state index in [4.69, 9.17) is 0 Å². The Bertz CT molecular complexity index is 979. The van der Waals surface area contributed by atoms with Gasteiger partial charge in [0.2, 0.25) is 5.78 Å². The van der Waals surface area contributed by atoms with Crippen LogP contribution in [0.2, 0.25) is 0 Å². The van der Waals surface area contributed by atoms with Crippen molar-refractivity contribution in [3.8, 4) is 11.3 Å². The van der Waals surface area contributed by atoms with Crippen LogP contribution in [-0.4, -0.2) is 28.9 Å². The van der Waals surface area contributed by atoms with E-state index in [0.29, 0.717) is 16.9 Å². The van der Waals surface area contributed by atoms with Crippen LogP contribution in [0.25, 0.3) is 28.2 Å². The third-order valence-electron chi connectivity index (χ3n) is 3.26. The zero-order valence-electron chi connectivity index (χ0n) is 10.6. The van der Waals surface area contributed by atoms with E-state index in [1.807, 2.05) is 19.2 Å². The molecule has 0 atom stereocenters. The van der Waals surface area contributed by atoms with Crippen molar-refractivity contribution in [2.75, 3.05) is 0 Å². The molecular formula is C13H10N6O. The lowest BCUT2D eigenvalue weighted by molar-refractivity contribution is 0.928. The van der Waals surface area contributed by atoms with Crippen LogP contribution in [0.15, 0.2) is 41.8 Å². The highest BCUT2D eigenvalue weighted by molar-refractivity contribution is 5.72. The molecule has 7 heteroatoms. The monoisotopic (exact) mass is 266 g/mol. The molecule has 0 spiro atoms. The number of hydrogen-bond acceptors (Lipinski definition) is 4. The highest BCUT2D eigenvalue weighted by Gasteiger charge is 2.12. The zero-order chi connectivity index (χ0) is 13.7. The summed E-state index contributed by atoms with van der Waals surface area (Å²) >= 11 is 0. The van der Waals surface area contributed by atoms with E-state index in [1.165, 1.54) is 4.40 Å². The van der Waals surface area contributed by atoms with Crippen molar-refractivity contribution in [3.63, 3.8) is 0 Å². The van der Waals surface area contributed by atoms with Gasteiger partial charge in [-0.25, -0.2) is 9.38 Å². The summed E-state index contributed by atoms with van der Waals surface area (Å²) in [6, 6.07) is 3.74. The van der Waals surface area contributed by atoms with Crippen LogP contribution in [0.5, 0.6) is 0 Å². The van der Waals surface area contributed by atoms with E-state index < -0.39 is 0 Å². The number of aromatic amines is 1. The van der Waals surface area contributed by atoms with Crippen LogP contribution in [-0.2, 0) is 7.05 Å². The van der Waals surface area contributed by atoms with Crippen molar-refractivity contribution in [1.29, 1.82) is 0 Å². The lowest BCUT2D eigenvalue weighted by Gasteiger charge is -1.94. The molecule has 20 heavy (non-hydrogen) atoms. The van der Waals surface area contributed by atoms with Gasteiger partial charge < -0.3 is 9.55 Å². The van der Waals surface area contributed by atoms with Crippen LogP contribution >= 0.6 is 0 Å². The fourth-order valence-electron chi connectivity index (χ4n) is 2.24. The van der Waals surface area contributed by atoms with E-state index in [2.05, 4.69) is 19.9 Å². The molecule has 4 heterocycles. The summed E-state index contributed by atoms with van der Waals surface area (Å²) in [7, 11) is 1.81. The molecule has 0 aliphatic rings. The number of hydrogen-bond donors (Lipinski definition) is 1. The third kappa shape index (κ3) is 1.40. The molecular weight excluding hydrogens is 256 g/mol. The van der Waals surface area contributed by atoms with Crippen LogP contribution in [0, 0.1) is 0 Å². The lowest BCUT2D eigenvalue weighted by Crippen LogP contribution is -2.13. The van der Waals surface area contributed by atoms with Crippen molar-refractivity contribution >= 4 is 16.9 Å². The van der Waals surface area contributed by atoms with E-state index in [-0.39, 0.29) is 5.56 Å². The second-order valence-corrected chi connectivity index (χ2v) is 4.54. The van der Waals surface area contributed by atoms with E-state index in [9.17, 15) is 4.79 Å². The second kappa shape index (κ2) is 3.77. The highest BCUT2D eigenvalue weighted by Crippen LogP contribution is 2.17. The number of aromatic nitrogens is 6. The number of pyridine rings is 1. The fraction of sp³-hybridized carbons (Fsp3) is 0.0769. The smallest absolute Gasteiger partial charge is 0.287 e. The van der Waals surface area contributed by atoms with Gasteiger partial charge in [0.05, 0.1) is 12.0 Å². The molecule has 0 fully saturated rings. The second-order valence-electron chi connectivity index (χ2n) is 4.54. The molecule has 4 rings (SSSR count). The molecule has 4 aromatic heterocycles. The van der Waals surface area contributed by atoms with Crippen LogP contribution in [0.4, 0.5) is 0 Å². The van der Waals surface area contributed by atoms with Gasteiger partial charge in [-0.3, -0.25) is 9.78 Å². The first-order chi connectivity index (χ1) is 9.74. The molecule has 7 nitrogen and oxygen atoms in total. The number of aryl methyl sites for hydroxylation is 1. The number of imidazole rings is 2. The SMILES string of the molecule is Cn1cnc2c(=O)n3cc(-c4ccncc4)[nH]c3nc21. The highest BCUT2D eigenvalue weighted by atomic mass is 16.1. The van der Waals surface area contributed by atoms with Gasteiger partial charge in [0.15, 0.2) is 11.2 Å². The van der Waals surface area contributed by atoms with Gasteiger partial charge in [-0.1, -0.05) is 0 Å². The molecule has 0 radical (unpaired) electrons. The number of fused-ring (bicyclic) bond motifs is 2. The first-order valence-corrected chi connectivity index (χ1v) is 6.07. The van der Waals surface area contributed by atoms with Gasteiger partial charge >= 0.3 is 0 Å².